The minimum absolute atomic E-state index is 0.0609. The lowest BCUT2D eigenvalue weighted by molar-refractivity contribution is 0.0699. The monoisotopic (exact) mass is 223 g/mol. The molecule has 0 aliphatic heterocycles. The van der Waals surface area contributed by atoms with Crippen molar-refractivity contribution in [1.82, 2.24) is 4.98 Å². The van der Waals surface area contributed by atoms with Crippen molar-refractivity contribution in [2.24, 2.45) is 0 Å². The van der Waals surface area contributed by atoms with Crippen LogP contribution >= 0.6 is 0 Å². The molecule has 0 aliphatic rings. The number of benzene rings is 1. The van der Waals surface area contributed by atoms with Crippen LogP contribution in [0.3, 0.4) is 0 Å². The van der Waals surface area contributed by atoms with Gasteiger partial charge in [0.25, 0.3) is 6.43 Å². The van der Waals surface area contributed by atoms with Gasteiger partial charge in [-0.1, -0.05) is 12.1 Å². The molecule has 0 atom stereocenters. The molecule has 5 heteroatoms. The van der Waals surface area contributed by atoms with Crippen LogP contribution in [0.2, 0.25) is 0 Å². The Morgan fingerprint density at radius 3 is 2.69 bits per heavy atom. The number of alkyl halides is 2. The van der Waals surface area contributed by atoms with Gasteiger partial charge in [-0.05, 0) is 12.1 Å². The highest BCUT2D eigenvalue weighted by Crippen LogP contribution is 2.24. The zero-order valence-electron chi connectivity index (χ0n) is 8.02. The van der Waals surface area contributed by atoms with Crippen molar-refractivity contribution in [2.45, 2.75) is 6.43 Å². The first-order valence-electron chi connectivity index (χ1n) is 4.49. The summed E-state index contributed by atoms with van der Waals surface area (Å²) in [6, 6.07) is 5.10. The van der Waals surface area contributed by atoms with Crippen LogP contribution in [0, 0.1) is 0 Å². The number of nitrogens with zero attached hydrogens (tertiary/aromatic N) is 1. The quantitative estimate of drug-likeness (QED) is 0.851. The highest BCUT2D eigenvalue weighted by molar-refractivity contribution is 6.02. The molecule has 2 aromatic rings. The van der Waals surface area contributed by atoms with Gasteiger partial charge < -0.3 is 5.11 Å². The Balaban J connectivity index is 2.69. The van der Waals surface area contributed by atoms with Gasteiger partial charge in [-0.15, -0.1) is 0 Å². The molecule has 1 aromatic carbocycles. The number of aromatic carboxylic acids is 1. The van der Waals surface area contributed by atoms with E-state index in [9.17, 15) is 13.6 Å². The van der Waals surface area contributed by atoms with Crippen LogP contribution in [-0.4, -0.2) is 16.1 Å². The highest BCUT2D eigenvalue weighted by Gasteiger charge is 2.12. The molecule has 2 rings (SSSR count). The molecule has 16 heavy (non-hydrogen) atoms. The van der Waals surface area contributed by atoms with Gasteiger partial charge in [0.2, 0.25) is 0 Å². The van der Waals surface area contributed by atoms with E-state index in [1.165, 1.54) is 30.5 Å². The summed E-state index contributed by atoms with van der Waals surface area (Å²) in [4.78, 5) is 14.7. The molecule has 0 radical (unpaired) electrons. The number of pyridine rings is 1. The molecule has 0 bridgehead atoms. The van der Waals surface area contributed by atoms with E-state index in [-0.39, 0.29) is 16.6 Å². The van der Waals surface area contributed by atoms with Gasteiger partial charge in [0.15, 0.2) is 0 Å². The lowest BCUT2D eigenvalue weighted by Crippen LogP contribution is -1.98. The molecular formula is C11H7F2NO2. The molecule has 1 heterocycles. The Hall–Kier alpha value is -2.04. The van der Waals surface area contributed by atoms with E-state index in [1.807, 2.05) is 0 Å². The summed E-state index contributed by atoms with van der Waals surface area (Å²) in [5.74, 6) is -1.10. The average Bonchev–Trinajstić information content (AvgIpc) is 2.27. The Kier molecular flexibility index (Phi) is 2.52. The summed E-state index contributed by atoms with van der Waals surface area (Å²) in [7, 11) is 0. The van der Waals surface area contributed by atoms with E-state index in [2.05, 4.69) is 4.98 Å². The van der Waals surface area contributed by atoms with Gasteiger partial charge in [0.05, 0.1) is 11.1 Å². The second kappa shape index (κ2) is 3.84. The first-order chi connectivity index (χ1) is 7.59. The second-order valence-electron chi connectivity index (χ2n) is 3.24. The van der Waals surface area contributed by atoms with Crippen LogP contribution in [0.5, 0.6) is 0 Å². The molecule has 0 aliphatic carbocycles. The number of fused-ring (bicyclic) bond motifs is 1. The number of carboxylic acid groups (broad SMARTS) is 1. The SMILES string of the molecule is O=C(O)c1ccnc2cc(C(F)F)ccc12. The van der Waals surface area contributed by atoms with Crippen molar-refractivity contribution in [3.05, 3.63) is 41.6 Å². The minimum Gasteiger partial charge on any atom is -0.478 e. The molecule has 0 fully saturated rings. The largest absolute Gasteiger partial charge is 0.478 e. The number of aromatic nitrogens is 1. The van der Waals surface area contributed by atoms with Gasteiger partial charge >= 0.3 is 5.97 Å². The van der Waals surface area contributed by atoms with E-state index in [1.54, 1.807) is 0 Å². The maximum Gasteiger partial charge on any atom is 0.336 e. The van der Waals surface area contributed by atoms with Gasteiger partial charge in [0.1, 0.15) is 0 Å². The molecule has 1 aromatic heterocycles. The van der Waals surface area contributed by atoms with Crippen molar-refractivity contribution >= 4 is 16.9 Å². The first-order valence-corrected chi connectivity index (χ1v) is 4.49. The number of carbonyl (C=O) groups is 1. The Bertz CT molecular complexity index is 555. The van der Waals surface area contributed by atoms with Crippen molar-refractivity contribution in [1.29, 1.82) is 0 Å². The molecule has 0 saturated heterocycles. The van der Waals surface area contributed by atoms with Gasteiger partial charge in [0, 0.05) is 17.1 Å². The Labute approximate surface area is 89.3 Å². The molecule has 0 spiro atoms. The van der Waals surface area contributed by atoms with Crippen LogP contribution in [0.25, 0.3) is 10.9 Å². The summed E-state index contributed by atoms with van der Waals surface area (Å²) < 4.78 is 24.8. The highest BCUT2D eigenvalue weighted by atomic mass is 19.3. The number of halogens is 2. The molecule has 0 saturated carbocycles. The van der Waals surface area contributed by atoms with E-state index in [0.717, 1.165) is 0 Å². The minimum atomic E-state index is -2.58. The van der Waals surface area contributed by atoms with Crippen LogP contribution < -0.4 is 0 Å². The van der Waals surface area contributed by atoms with Gasteiger partial charge in [-0.3, -0.25) is 4.98 Å². The third-order valence-corrected chi connectivity index (χ3v) is 2.25. The molecule has 0 amide bonds. The second-order valence-corrected chi connectivity index (χ2v) is 3.24. The summed E-state index contributed by atoms with van der Waals surface area (Å²) in [6.45, 7) is 0. The van der Waals surface area contributed by atoms with E-state index < -0.39 is 12.4 Å². The van der Waals surface area contributed by atoms with Crippen molar-refractivity contribution < 1.29 is 18.7 Å². The third kappa shape index (κ3) is 1.71. The van der Waals surface area contributed by atoms with E-state index in [0.29, 0.717) is 5.39 Å². The number of hydrogen-bond donors (Lipinski definition) is 1. The Morgan fingerprint density at radius 1 is 1.31 bits per heavy atom. The fourth-order valence-electron chi connectivity index (χ4n) is 1.49. The number of hydrogen-bond acceptors (Lipinski definition) is 2. The molecule has 0 unspecified atom stereocenters. The molecule has 3 nitrogen and oxygen atoms in total. The van der Waals surface area contributed by atoms with Crippen LogP contribution in [0.15, 0.2) is 30.5 Å². The normalized spacial score (nSPS) is 10.9. The average molecular weight is 223 g/mol. The lowest BCUT2D eigenvalue weighted by Gasteiger charge is -2.04. The third-order valence-electron chi connectivity index (χ3n) is 2.25. The lowest BCUT2D eigenvalue weighted by atomic mass is 10.1. The number of carboxylic acids is 1. The van der Waals surface area contributed by atoms with E-state index >= 15 is 0 Å². The maximum absolute atomic E-state index is 12.4. The fraction of sp³-hybridized carbons (Fsp3) is 0.0909. The van der Waals surface area contributed by atoms with Gasteiger partial charge in [-0.25, -0.2) is 13.6 Å². The fourth-order valence-corrected chi connectivity index (χ4v) is 1.49. The summed E-state index contributed by atoms with van der Waals surface area (Å²) in [6.07, 6.45) is -1.29. The topological polar surface area (TPSA) is 50.2 Å². The molecule has 82 valence electrons. The maximum atomic E-state index is 12.4. The zero-order chi connectivity index (χ0) is 11.7. The first kappa shape index (κ1) is 10.5. The molecular weight excluding hydrogens is 216 g/mol. The van der Waals surface area contributed by atoms with Crippen LogP contribution in [0.1, 0.15) is 22.3 Å². The zero-order valence-corrected chi connectivity index (χ0v) is 8.02. The molecule has 1 N–H and O–H groups in total. The van der Waals surface area contributed by atoms with Gasteiger partial charge in [-0.2, -0.15) is 0 Å². The van der Waals surface area contributed by atoms with Crippen molar-refractivity contribution in [3.63, 3.8) is 0 Å². The summed E-state index contributed by atoms with van der Waals surface area (Å²) in [5.41, 5.74) is 0.158. The Morgan fingerprint density at radius 2 is 2.06 bits per heavy atom. The summed E-state index contributed by atoms with van der Waals surface area (Å²) in [5, 5.41) is 9.25. The standard InChI is InChI=1S/C11H7F2NO2/c12-10(13)6-1-2-7-8(11(15)16)3-4-14-9(7)5-6/h1-5,10H,(H,15,16). The summed E-state index contributed by atoms with van der Waals surface area (Å²) >= 11 is 0. The van der Waals surface area contributed by atoms with Crippen molar-refractivity contribution in [3.8, 4) is 0 Å². The smallest absolute Gasteiger partial charge is 0.336 e. The van der Waals surface area contributed by atoms with Crippen molar-refractivity contribution in [2.75, 3.05) is 0 Å². The predicted molar refractivity (Wildman–Crippen MR) is 53.7 cm³/mol. The van der Waals surface area contributed by atoms with E-state index in [4.69, 9.17) is 5.11 Å². The van der Waals surface area contributed by atoms with Crippen LogP contribution in [0.4, 0.5) is 8.78 Å². The number of rotatable bonds is 2. The van der Waals surface area contributed by atoms with Crippen LogP contribution in [-0.2, 0) is 0 Å². The predicted octanol–water partition coefficient (Wildman–Crippen LogP) is 2.87.